The lowest BCUT2D eigenvalue weighted by Crippen LogP contribution is -2.08. The van der Waals surface area contributed by atoms with Crippen molar-refractivity contribution in [3.05, 3.63) is 65.2 Å². The minimum atomic E-state index is -4.32. The summed E-state index contributed by atoms with van der Waals surface area (Å²) < 4.78 is 38.2. The van der Waals surface area contributed by atoms with Crippen molar-refractivity contribution in [2.45, 2.75) is 44.3 Å². The van der Waals surface area contributed by atoms with Crippen LogP contribution in [0.15, 0.2) is 48.5 Å². The molecule has 2 aromatic carbocycles. The normalized spacial score (nSPS) is 15.4. The average molecular weight is 372 g/mol. The molecule has 1 aliphatic carbocycles. The molecule has 1 aromatic heterocycles. The third kappa shape index (κ3) is 3.86. The van der Waals surface area contributed by atoms with Gasteiger partial charge in [0.05, 0.1) is 11.6 Å². The van der Waals surface area contributed by atoms with Crippen LogP contribution in [0.2, 0.25) is 0 Å². The van der Waals surface area contributed by atoms with Gasteiger partial charge in [-0.15, -0.1) is 10.2 Å². The summed E-state index contributed by atoms with van der Waals surface area (Å²) in [5.74, 6) is 0.560. The first kappa shape index (κ1) is 17.7. The molecule has 0 atom stereocenters. The van der Waals surface area contributed by atoms with Crippen molar-refractivity contribution in [3.63, 3.8) is 0 Å². The van der Waals surface area contributed by atoms with Gasteiger partial charge in [-0.2, -0.15) is 18.0 Å². The van der Waals surface area contributed by atoms with Gasteiger partial charge in [0.15, 0.2) is 0 Å². The Hall–Kier alpha value is -2.70. The molecule has 0 saturated heterocycles. The van der Waals surface area contributed by atoms with E-state index in [2.05, 4.69) is 15.4 Å². The lowest BCUT2D eigenvalue weighted by Gasteiger charge is -2.09. The summed E-state index contributed by atoms with van der Waals surface area (Å²) in [5.41, 5.74) is 1.99. The molecular weight excluding hydrogens is 353 g/mol. The lowest BCUT2D eigenvalue weighted by atomic mass is 9.98. The van der Waals surface area contributed by atoms with Gasteiger partial charge in [0.2, 0.25) is 5.82 Å². The van der Waals surface area contributed by atoms with Gasteiger partial charge in [-0.05, 0) is 47.7 Å². The quantitative estimate of drug-likeness (QED) is 0.643. The maximum Gasteiger partial charge on any atom is 0.416 e. The number of nitrogens with zero attached hydrogens (tertiary/aromatic N) is 4. The van der Waals surface area contributed by atoms with Crippen LogP contribution >= 0.6 is 0 Å². The van der Waals surface area contributed by atoms with Crippen LogP contribution in [0.25, 0.3) is 11.4 Å². The summed E-state index contributed by atoms with van der Waals surface area (Å²) in [6, 6.07) is 13.3. The molecule has 4 rings (SSSR count). The monoisotopic (exact) mass is 372 g/mol. The van der Waals surface area contributed by atoms with E-state index < -0.39 is 11.7 Å². The zero-order chi connectivity index (χ0) is 18.9. The number of alkyl halides is 3. The highest BCUT2D eigenvalue weighted by atomic mass is 19.4. The highest BCUT2D eigenvalue weighted by Gasteiger charge is 2.30. The predicted octanol–water partition coefficient (Wildman–Crippen LogP) is 5.06. The molecule has 0 unspecified atom stereocenters. The lowest BCUT2D eigenvalue weighted by molar-refractivity contribution is -0.137. The fourth-order valence-electron chi connectivity index (χ4n) is 3.55. The molecule has 1 aliphatic rings. The third-order valence-electron chi connectivity index (χ3n) is 5.01. The predicted molar refractivity (Wildman–Crippen MR) is 95.0 cm³/mol. The molecule has 1 heterocycles. The Morgan fingerprint density at radius 2 is 1.67 bits per heavy atom. The molecule has 0 aliphatic heterocycles. The molecule has 0 amide bonds. The van der Waals surface area contributed by atoms with Crippen molar-refractivity contribution in [2.75, 3.05) is 0 Å². The van der Waals surface area contributed by atoms with E-state index in [4.69, 9.17) is 0 Å². The van der Waals surface area contributed by atoms with Gasteiger partial charge in [-0.3, -0.25) is 0 Å². The van der Waals surface area contributed by atoms with E-state index in [0.29, 0.717) is 18.3 Å². The number of rotatable bonds is 4. The van der Waals surface area contributed by atoms with E-state index >= 15 is 0 Å². The summed E-state index contributed by atoms with van der Waals surface area (Å²) in [4.78, 5) is 1.71. The third-order valence-corrected chi connectivity index (χ3v) is 5.01. The van der Waals surface area contributed by atoms with Crippen molar-refractivity contribution in [3.8, 4) is 11.4 Å². The Bertz CT molecular complexity index is 909. The number of hydrogen-bond donors (Lipinski definition) is 0. The zero-order valence-corrected chi connectivity index (χ0v) is 14.7. The van der Waals surface area contributed by atoms with E-state index in [-0.39, 0.29) is 0 Å². The van der Waals surface area contributed by atoms with Crippen molar-refractivity contribution in [2.24, 2.45) is 0 Å². The molecule has 0 bridgehead atoms. The molecule has 3 aromatic rings. The van der Waals surface area contributed by atoms with E-state index in [1.165, 1.54) is 25.0 Å². The first-order chi connectivity index (χ1) is 13.0. The summed E-state index contributed by atoms with van der Waals surface area (Å²) in [5, 5.41) is 13.0. The Morgan fingerprint density at radius 1 is 0.963 bits per heavy atom. The molecule has 7 heteroatoms. The molecule has 0 radical (unpaired) electrons. The first-order valence-corrected chi connectivity index (χ1v) is 9.04. The Balaban J connectivity index is 1.58. The Morgan fingerprint density at radius 3 is 2.37 bits per heavy atom. The van der Waals surface area contributed by atoms with E-state index in [1.54, 1.807) is 4.80 Å². The highest BCUT2D eigenvalue weighted by molar-refractivity contribution is 5.60. The average Bonchev–Trinajstić information content (AvgIpc) is 3.34. The first-order valence-electron chi connectivity index (χ1n) is 9.04. The second kappa shape index (κ2) is 7.13. The number of halogens is 3. The minimum Gasteiger partial charge on any atom is -0.166 e. The van der Waals surface area contributed by atoms with Gasteiger partial charge < -0.3 is 0 Å². The van der Waals surface area contributed by atoms with Crippen LogP contribution in [0.3, 0.4) is 0 Å². The number of aromatic nitrogens is 4. The SMILES string of the molecule is FC(F)(F)c1ccc(Cc2ccccc2-c2nnn(C3CCCC3)n2)cc1. The molecule has 4 nitrogen and oxygen atoms in total. The fourth-order valence-corrected chi connectivity index (χ4v) is 3.55. The molecular formula is C20H19F3N4. The van der Waals surface area contributed by atoms with Gasteiger partial charge in [-0.1, -0.05) is 49.2 Å². The van der Waals surface area contributed by atoms with Gasteiger partial charge in [0.1, 0.15) is 0 Å². The van der Waals surface area contributed by atoms with Crippen LogP contribution < -0.4 is 0 Å². The van der Waals surface area contributed by atoms with Crippen molar-refractivity contribution in [1.82, 2.24) is 20.2 Å². The Kier molecular flexibility index (Phi) is 4.68. The number of benzene rings is 2. The van der Waals surface area contributed by atoms with Crippen molar-refractivity contribution < 1.29 is 13.2 Å². The van der Waals surface area contributed by atoms with Crippen molar-refractivity contribution >= 4 is 0 Å². The zero-order valence-electron chi connectivity index (χ0n) is 14.7. The summed E-state index contributed by atoms with van der Waals surface area (Å²) >= 11 is 0. The fraction of sp³-hybridized carbons (Fsp3) is 0.350. The second-order valence-electron chi connectivity index (χ2n) is 6.90. The molecule has 0 N–H and O–H groups in total. The summed E-state index contributed by atoms with van der Waals surface area (Å²) in [6.07, 6.45) is 0.704. The van der Waals surface area contributed by atoms with Crippen molar-refractivity contribution in [1.29, 1.82) is 0 Å². The van der Waals surface area contributed by atoms with Crippen LogP contribution in [-0.2, 0) is 12.6 Å². The Labute approximate surface area is 155 Å². The van der Waals surface area contributed by atoms with Crippen LogP contribution in [0.1, 0.15) is 48.4 Å². The maximum atomic E-state index is 12.7. The maximum absolute atomic E-state index is 12.7. The highest BCUT2D eigenvalue weighted by Crippen LogP contribution is 2.31. The van der Waals surface area contributed by atoms with Crippen LogP contribution in [0.4, 0.5) is 13.2 Å². The van der Waals surface area contributed by atoms with Gasteiger partial charge in [0, 0.05) is 5.56 Å². The smallest absolute Gasteiger partial charge is 0.166 e. The van der Waals surface area contributed by atoms with Gasteiger partial charge in [0.25, 0.3) is 0 Å². The topological polar surface area (TPSA) is 43.6 Å². The van der Waals surface area contributed by atoms with Crippen LogP contribution in [-0.4, -0.2) is 20.2 Å². The molecule has 0 spiro atoms. The van der Waals surface area contributed by atoms with Gasteiger partial charge >= 0.3 is 6.18 Å². The van der Waals surface area contributed by atoms with Gasteiger partial charge in [-0.25, -0.2) is 0 Å². The van der Waals surface area contributed by atoms with E-state index in [1.807, 2.05) is 24.3 Å². The molecule has 140 valence electrons. The molecule has 1 fully saturated rings. The second-order valence-corrected chi connectivity index (χ2v) is 6.90. The summed E-state index contributed by atoms with van der Waals surface area (Å²) in [7, 11) is 0. The molecule has 27 heavy (non-hydrogen) atoms. The number of tetrazole rings is 1. The standard InChI is InChI=1S/C20H19F3N4/c21-20(22,23)16-11-9-14(10-12-16)13-15-5-1-4-8-18(15)19-24-26-27(25-19)17-6-2-3-7-17/h1,4-5,8-12,17H,2-3,6-7,13H2. The van der Waals surface area contributed by atoms with E-state index in [0.717, 1.165) is 41.7 Å². The van der Waals surface area contributed by atoms with E-state index in [9.17, 15) is 13.2 Å². The largest absolute Gasteiger partial charge is 0.416 e. The number of hydrogen-bond acceptors (Lipinski definition) is 3. The summed E-state index contributed by atoms with van der Waals surface area (Å²) in [6.45, 7) is 0. The minimum absolute atomic E-state index is 0.313. The van der Waals surface area contributed by atoms with Crippen LogP contribution in [0, 0.1) is 0 Å². The molecule has 1 saturated carbocycles. The van der Waals surface area contributed by atoms with Crippen LogP contribution in [0.5, 0.6) is 0 Å².